The maximum Gasteiger partial charge on any atom is 0.322 e. The molecule has 86 valence electrons. The second-order valence-corrected chi connectivity index (χ2v) is 5.66. The lowest BCUT2D eigenvalue weighted by Crippen LogP contribution is -2.47. The molecule has 0 unspecified atom stereocenters. The number of carboxylic acid groups (broad SMARTS) is 1. The molecule has 1 heterocycles. The van der Waals surface area contributed by atoms with Crippen molar-refractivity contribution < 1.29 is 18.3 Å². The topological polar surface area (TPSA) is 86.7 Å². The van der Waals surface area contributed by atoms with Gasteiger partial charge in [0.05, 0.1) is 0 Å². The molecule has 1 saturated heterocycles. The second-order valence-electron chi connectivity index (χ2n) is 4.00. The van der Waals surface area contributed by atoms with Crippen molar-refractivity contribution in [3.63, 3.8) is 0 Å². The maximum atomic E-state index is 11.7. The Hall–Kier alpha value is -0.660. The van der Waals surface area contributed by atoms with E-state index >= 15 is 0 Å². The highest BCUT2D eigenvalue weighted by atomic mass is 32.2. The summed E-state index contributed by atoms with van der Waals surface area (Å²) in [6.07, 6.45) is 2.72. The molecule has 0 aromatic rings. The van der Waals surface area contributed by atoms with E-state index in [0.29, 0.717) is 19.4 Å². The van der Waals surface area contributed by atoms with Crippen LogP contribution in [-0.4, -0.2) is 42.4 Å². The molecule has 6 nitrogen and oxygen atoms in total. The van der Waals surface area contributed by atoms with Crippen LogP contribution in [0.25, 0.3) is 0 Å². The largest absolute Gasteiger partial charge is 0.480 e. The summed E-state index contributed by atoms with van der Waals surface area (Å²) < 4.78 is 27.1. The van der Waals surface area contributed by atoms with Crippen LogP contribution in [0.15, 0.2) is 0 Å². The van der Waals surface area contributed by atoms with E-state index in [2.05, 4.69) is 4.72 Å². The molecule has 1 aliphatic heterocycles. The first kappa shape index (κ1) is 10.8. The standard InChI is InChI=1S/C8H14N2O4S/c11-8(12)7-2-1-5-10(7)15(13,14)9-6-3-4-6/h6-7,9H,1-5H2,(H,11,12)/t7-/m1/s1. The van der Waals surface area contributed by atoms with E-state index < -0.39 is 22.2 Å². The second kappa shape index (κ2) is 3.73. The molecule has 0 aromatic carbocycles. The van der Waals surface area contributed by atoms with E-state index in [-0.39, 0.29) is 6.04 Å². The Morgan fingerprint density at radius 1 is 1.33 bits per heavy atom. The zero-order chi connectivity index (χ0) is 11.1. The average Bonchev–Trinajstić information content (AvgIpc) is 2.80. The Labute approximate surface area is 88.4 Å². The van der Waals surface area contributed by atoms with Gasteiger partial charge in [0.15, 0.2) is 0 Å². The summed E-state index contributed by atoms with van der Waals surface area (Å²) in [7, 11) is -3.59. The summed E-state index contributed by atoms with van der Waals surface area (Å²) in [5.41, 5.74) is 0. The number of carboxylic acids is 1. The van der Waals surface area contributed by atoms with Crippen molar-refractivity contribution in [1.29, 1.82) is 0 Å². The molecule has 15 heavy (non-hydrogen) atoms. The molecule has 1 saturated carbocycles. The fourth-order valence-corrected chi connectivity index (χ4v) is 3.45. The van der Waals surface area contributed by atoms with Crippen LogP contribution in [0.5, 0.6) is 0 Å². The molecule has 7 heteroatoms. The van der Waals surface area contributed by atoms with Gasteiger partial charge in [-0.2, -0.15) is 17.4 Å². The summed E-state index contributed by atoms with van der Waals surface area (Å²) in [6.45, 7) is 0.305. The van der Waals surface area contributed by atoms with E-state index in [0.717, 1.165) is 17.1 Å². The normalized spacial score (nSPS) is 28.1. The number of hydrogen-bond acceptors (Lipinski definition) is 3. The number of carbonyl (C=O) groups is 1. The van der Waals surface area contributed by atoms with E-state index in [1.165, 1.54) is 0 Å². The minimum atomic E-state index is -3.59. The third-order valence-electron chi connectivity index (χ3n) is 2.69. The van der Waals surface area contributed by atoms with Crippen LogP contribution >= 0.6 is 0 Å². The van der Waals surface area contributed by atoms with Crippen LogP contribution in [0.4, 0.5) is 0 Å². The van der Waals surface area contributed by atoms with Gasteiger partial charge in [0.1, 0.15) is 6.04 Å². The average molecular weight is 234 g/mol. The zero-order valence-electron chi connectivity index (χ0n) is 8.22. The highest BCUT2D eigenvalue weighted by molar-refractivity contribution is 7.87. The number of hydrogen-bond donors (Lipinski definition) is 2. The van der Waals surface area contributed by atoms with Gasteiger partial charge in [0, 0.05) is 12.6 Å². The maximum absolute atomic E-state index is 11.7. The van der Waals surface area contributed by atoms with Gasteiger partial charge in [0.25, 0.3) is 10.2 Å². The van der Waals surface area contributed by atoms with Crippen molar-refractivity contribution in [3.8, 4) is 0 Å². The van der Waals surface area contributed by atoms with Crippen molar-refractivity contribution in [2.45, 2.75) is 37.8 Å². The number of rotatable bonds is 4. The van der Waals surface area contributed by atoms with Crippen LogP contribution in [0, 0.1) is 0 Å². The zero-order valence-corrected chi connectivity index (χ0v) is 9.03. The predicted molar refractivity (Wildman–Crippen MR) is 52.4 cm³/mol. The van der Waals surface area contributed by atoms with Crippen LogP contribution in [0.3, 0.4) is 0 Å². The summed E-state index contributed by atoms with van der Waals surface area (Å²) in [4.78, 5) is 10.8. The molecule has 2 N–H and O–H groups in total. The van der Waals surface area contributed by atoms with Crippen molar-refractivity contribution in [1.82, 2.24) is 9.03 Å². The first-order valence-electron chi connectivity index (χ1n) is 5.02. The molecule has 0 bridgehead atoms. The van der Waals surface area contributed by atoms with Crippen LogP contribution in [0.2, 0.25) is 0 Å². The number of nitrogens with zero attached hydrogens (tertiary/aromatic N) is 1. The van der Waals surface area contributed by atoms with Gasteiger partial charge < -0.3 is 5.11 Å². The van der Waals surface area contributed by atoms with Gasteiger partial charge in [-0.25, -0.2) is 0 Å². The van der Waals surface area contributed by atoms with Crippen LogP contribution in [0.1, 0.15) is 25.7 Å². The molecule has 0 amide bonds. The van der Waals surface area contributed by atoms with Gasteiger partial charge in [0.2, 0.25) is 0 Å². The van der Waals surface area contributed by atoms with E-state index in [4.69, 9.17) is 5.11 Å². The summed E-state index contributed by atoms with van der Waals surface area (Å²) in [5, 5.41) is 8.86. The molecule has 0 spiro atoms. The Balaban J connectivity index is 2.10. The molecule has 1 atom stereocenters. The Morgan fingerprint density at radius 3 is 2.53 bits per heavy atom. The van der Waals surface area contributed by atoms with E-state index in [9.17, 15) is 13.2 Å². The summed E-state index contributed by atoms with van der Waals surface area (Å²) in [6, 6.07) is -0.869. The highest BCUT2D eigenvalue weighted by Crippen LogP contribution is 2.24. The molecule has 0 aromatic heterocycles. The first-order valence-corrected chi connectivity index (χ1v) is 6.46. The smallest absolute Gasteiger partial charge is 0.322 e. The number of nitrogens with one attached hydrogen (secondary N) is 1. The Bertz CT molecular complexity index is 363. The van der Waals surface area contributed by atoms with Gasteiger partial charge in [-0.05, 0) is 25.7 Å². The van der Waals surface area contributed by atoms with Crippen LogP contribution < -0.4 is 4.72 Å². The molecule has 0 radical (unpaired) electrons. The van der Waals surface area contributed by atoms with Gasteiger partial charge in [-0.15, -0.1) is 0 Å². The van der Waals surface area contributed by atoms with Crippen LogP contribution in [-0.2, 0) is 15.0 Å². The Kier molecular flexibility index (Phi) is 2.70. The van der Waals surface area contributed by atoms with Crippen molar-refractivity contribution in [3.05, 3.63) is 0 Å². The fraction of sp³-hybridized carbons (Fsp3) is 0.875. The predicted octanol–water partition coefficient (Wildman–Crippen LogP) is -0.468. The van der Waals surface area contributed by atoms with E-state index in [1.54, 1.807) is 0 Å². The minimum absolute atomic E-state index is 0.0186. The highest BCUT2D eigenvalue weighted by Gasteiger charge is 2.40. The SMILES string of the molecule is O=C(O)[C@H]1CCCN1S(=O)(=O)NC1CC1. The molecular formula is C8H14N2O4S. The Morgan fingerprint density at radius 2 is 2.00 bits per heavy atom. The minimum Gasteiger partial charge on any atom is -0.480 e. The van der Waals surface area contributed by atoms with E-state index in [1.807, 2.05) is 0 Å². The van der Waals surface area contributed by atoms with Crippen molar-refractivity contribution >= 4 is 16.2 Å². The lowest BCUT2D eigenvalue weighted by Gasteiger charge is -2.20. The van der Waals surface area contributed by atoms with Crippen molar-refractivity contribution in [2.24, 2.45) is 0 Å². The summed E-state index contributed by atoms with van der Waals surface area (Å²) in [5.74, 6) is -1.06. The quantitative estimate of drug-likeness (QED) is 0.688. The lowest BCUT2D eigenvalue weighted by atomic mass is 10.2. The first-order chi connectivity index (χ1) is 7.00. The lowest BCUT2D eigenvalue weighted by molar-refractivity contribution is -0.140. The molecule has 2 fully saturated rings. The third kappa shape index (κ3) is 2.30. The molecule has 1 aliphatic carbocycles. The van der Waals surface area contributed by atoms with Gasteiger partial charge in [-0.1, -0.05) is 0 Å². The molecule has 2 rings (SSSR count). The number of aliphatic carboxylic acids is 1. The molecule has 2 aliphatic rings. The van der Waals surface area contributed by atoms with Crippen molar-refractivity contribution in [2.75, 3.05) is 6.54 Å². The summed E-state index contributed by atoms with van der Waals surface area (Å²) >= 11 is 0. The monoisotopic (exact) mass is 234 g/mol. The van der Waals surface area contributed by atoms with Gasteiger partial charge >= 0.3 is 5.97 Å². The third-order valence-corrected chi connectivity index (χ3v) is 4.38. The van der Waals surface area contributed by atoms with Gasteiger partial charge in [-0.3, -0.25) is 4.79 Å². The molecular weight excluding hydrogens is 220 g/mol. The fourth-order valence-electron chi connectivity index (χ4n) is 1.75.